The predicted octanol–water partition coefficient (Wildman–Crippen LogP) is 1.36. The number of nitrogen functional groups attached to an aromatic ring is 1. The molecule has 1 aromatic rings. The maximum Gasteiger partial charge on any atom is 0.239 e. The van der Waals surface area contributed by atoms with Gasteiger partial charge < -0.3 is 5.32 Å². The van der Waals surface area contributed by atoms with Crippen molar-refractivity contribution >= 4 is 11.8 Å². The summed E-state index contributed by atoms with van der Waals surface area (Å²) >= 11 is 0. The SMILES string of the molecule is Cc1cc(NCC(C)N2CCCCC2)nc(NN)n1. The first-order valence-electron chi connectivity index (χ1n) is 6.99. The molecular weight excluding hydrogens is 240 g/mol. The summed E-state index contributed by atoms with van der Waals surface area (Å²) in [4.78, 5) is 11.0. The van der Waals surface area contributed by atoms with Gasteiger partial charge in [0.25, 0.3) is 0 Å². The molecule has 1 aromatic heterocycles. The van der Waals surface area contributed by atoms with Crippen molar-refractivity contribution in [2.24, 2.45) is 5.84 Å². The van der Waals surface area contributed by atoms with Gasteiger partial charge in [-0.2, -0.15) is 4.98 Å². The van der Waals surface area contributed by atoms with Crippen LogP contribution < -0.4 is 16.6 Å². The molecule has 0 aromatic carbocycles. The minimum absolute atomic E-state index is 0.452. The third kappa shape index (κ3) is 4.04. The first-order valence-corrected chi connectivity index (χ1v) is 6.99. The summed E-state index contributed by atoms with van der Waals surface area (Å²) < 4.78 is 0. The number of rotatable bonds is 5. The lowest BCUT2D eigenvalue weighted by Crippen LogP contribution is -2.41. The minimum Gasteiger partial charge on any atom is -0.368 e. The van der Waals surface area contributed by atoms with Crippen LogP contribution in [0.3, 0.4) is 0 Å². The van der Waals surface area contributed by atoms with Crippen molar-refractivity contribution in [3.63, 3.8) is 0 Å². The molecule has 1 unspecified atom stereocenters. The Bertz CT molecular complexity index is 402. The van der Waals surface area contributed by atoms with Crippen LogP contribution in [0, 0.1) is 6.92 Å². The van der Waals surface area contributed by atoms with Gasteiger partial charge >= 0.3 is 0 Å². The van der Waals surface area contributed by atoms with Crippen molar-refractivity contribution in [3.05, 3.63) is 11.8 Å². The number of aromatic nitrogens is 2. The fraction of sp³-hybridized carbons (Fsp3) is 0.692. The Kier molecular flexibility index (Phi) is 4.93. The number of likely N-dealkylation sites (tertiary alicyclic amines) is 1. The fourth-order valence-corrected chi connectivity index (χ4v) is 2.46. The summed E-state index contributed by atoms with van der Waals surface area (Å²) in [7, 11) is 0. The second kappa shape index (κ2) is 6.68. The van der Waals surface area contributed by atoms with Crippen LogP contribution in [0.5, 0.6) is 0 Å². The number of piperidine rings is 1. The standard InChI is InChI=1S/C13H24N6/c1-10-8-12(17-13(16-10)18-14)15-9-11(2)19-6-4-3-5-7-19/h8,11H,3-7,9,14H2,1-2H3,(H2,15,16,17,18). The summed E-state index contributed by atoms with van der Waals surface area (Å²) in [5.74, 6) is 6.62. The second-order valence-corrected chi connectivity index (χ2v) is 5.19. The number of anilines is 2. The van der Waals surface area contributed by atoms with Crippen LogP contribution in [0.4, 0.5) is 11.8 Å². The lowest BCUT2D eigenvalue weighted by molar-refractivity contribution is 0.180. The Hall–Kier alpha value is -1.40. The zero-order chi connectivity index (χ0) is 13.7. The molecule has 4 N–H and O–H groups in total. The molecule has 6 heteroatoms. The molecule has 0 amide bonds. The Morgan fingerprint density at radius 3 is 2.74 bits per heavy atom. The van der Waals surface area contributed by atoms with Gasteiger partial charge in [0.2, 0.25) is 5.95 Å². The first kappa shape index (κ1) is 14.0. The van der Waals surface area contributed by atoms with E-state index in [2.05, 4.69) is 32.5 Å². The molecule has 6 nitrogen and oxygen atoms in total. The van der Waals surface area contributed by atoms with Crippen LogP contribution in [-0.4, -0.2) is 40.5 Å². The summed E-state index contributed by atoms with van der Waals surface area (Å²) in [6, 6.07) is 2.45. The second-order valence-electron chi connectivity index (χ2n) is 5.19. The van der Waals surface area contributed by atoms with Gasteiger partial charge in [-0.05, 0) is 39.8 Å². The van der Waals surface area contributed by atoms with Gasteiger partial charge in [-0.15, -0.1) is 0 Å². The van der Waals surface area contributed by atoms with E-state index in [1.807, 2.05) is 13.0 Å². The van der Waals surface area contributed by atoms with E-state index in [4.69, 9.17) is 5.84 Å². The number of nitrogens with one attached hydrogen (secondary N) is 2. The van der Waals surface area contributed by atoms with Crippen molar-refractivity contribution in [1.29, 1.82) is 0 Å². The number of hydrazine groups is 1. The largest absolute Gasteiger partial charge is 0.368 e. The van der Waals surface area contributed by atoms with Crippen LogP contribution in [-0.2, 0) is 0 Å². The molecule has 106 valence electrons. The van der Waals surface area contributed by atoms with Gasteiger partial charge in [-0.3, -0.25) is 10.3 Å². The molecule has 1 saturated heterocycles. The number of aryl methyl sites for hydroxylation is 1. The van der Waals surface area contributed by atoms with Gasteiger partial charge in [0.15, 0.2) is 0 Å². The smallest absolute Gasteiger partial charge is 0.239 e. The maximum absolute atomic E-state index is 5.35. The quantitative estimate of drug-likeness (QED) is 0.550. The van der Waals surface area contributed by atoms with Crippen molar-refractivity contribution in [2.45, 2.75) is 39.2 Å². The van der Waals surface area contributed by atoms with Crippen LogP contribution in [0.15, 0.2) is 6.07 Å². The number of hydrogen-bond acceptors (Lipinski definition) is 6. The molecule has 0 radical (unpaired) electrons. The van der Waals surface area contributed by atoms with Gasteiger partial charge in [0, 0.05) is 24.3 Å². The number of hydrogen-bond donors (Lipinski definition) is 3. The monoisotopic (exact) mass is 264 g/mol. The van der Waals surface area contributed by atoms with Crippen molar-refractivity contribution in [1.82, 2.24) is 14.9 Å². The number of nitrogens with zero attached hydrogens (tertiary/aromatic N) is 3. The molecule has 1 aliphatic heterocycles. The van der Waals surface area contributed by atoms with Crippen molar-refractivity contribution in [2.75, 3.05) is 30.4 Å². The Labute approximate surface area is 114 Å². The fourth-order valence-electron chi connectivity index (χ4n) is 2.46. The van der Waals surface area contributed by atoms with E-state index in [-0.39, 0.29) is 0 Å². The molecule has 1 fully saturated rings. The molecule has 1 atom stereocenters. The predicted molar refractivity (Wildman–Crippen MR) is 78.0 cm³/mol. The average Bonchev–Trinajstić information content (AvgIpc) is 2.45. The molecule has 2 heterocycles. The van der Waals surface area contributed by atoms with E-state index < -0.39 is 0 Å². The highest BCUT2D eigenvalue weighted by Gasteiger charge is 2.16. The number of nitrogens with two attached hydrogens (primary N) is 1. The summed E-state index contributed by atoms with van der Waals surface area (Å²) in [5.41, 5.74) is 3.39. The van der Waals surface area contributed by atoms with Crippen LogP contribution >= 0.6 is 0 Å². The topological polar surface area (TPSA) is 79.1 Å². The molecule has 0 spiro atoms. The van der Waals surface area contributed by atoms with Crippen molar-refractivity contribution < 1.29 is 0 Å². The summed E-state index contributed by atoms with van der Waals surface area (Å²) in [6.45, 7) is 7.50. The minimum atomic E-state index is 0.452. The average molecular weight is 264 g/mol. The van der Waals surface area contributed by atoms with E-state index >= 15 is 0 Å². The lowest BCUT2D eigenvalue weighted by atomic mass is 10.1. The lowest BCUT2D eigenvalue weighted by Gasteiger charge is -2.32. The molecule has 0 saturated carbocycles. The maximum atomic E-state index is 5.35. The zero-order valence-electron chi connectivity index (χ0n) is 11.8. The van der Waals surface area contributed by atoms with E-state index in [9.17, 15) is 0 Å². The Morgan fingerprint density at radius 1 is 1.32 bits per heavy atom. The van der Waals surface area contributed by atoms with Crippen LogP contribution in [0.1, 0.15) is 31.9 Å². The molecule has 0 aliphatic carbocycles. The third-order valence-corrected chi connectivity index (χ3v) is 3.58. The summed E-state index contributed by atoms with van der Waals surface area (Å²) in [6.07, 6.45) is 4.00. The Balaban J connectivity index is 1.88. The molecule has 2 rings (SSSR count). The highest BCUT2D eigenvalue weighted by atomic mass is 15.3. The van der Waals surface area contributed by atoms with Gasteiger partial charge in [0.1, 0.15) is 5.82 Å². The summed E-state index contributed by atoms with van der Waals surface area (Å²) in [5, 5.41) is 3.37. The third-order valence-electron chi connectivity index (χ3n) is 3.58. The zero-order valence-corrected chi connectivity index (χ0v) is 11.8. The van der Waals surface area contributed by atoms with E-state index in [1.54, 1.807) is 0 Å². The van der Waals surface area contributed by atoms with E-state index in [1.165, 1.54) is 32.4 Å². The molecule has 1 aliphatic rings. The van der Waals surface area contributed by atoms with E-state index in [0.29, 0.717) is 12.0 Å². The molecular formula is C13H24N6. The highest BCUT2D eigenvalue weighted by molar-refractivity contribution is 5.41. The van der Waals surface area contributed by atoms with Gasteiger partial charge in [0.05, 0.1) is 0 Å². The van der Waals surface area contributed by atoms with Crippen molar-refractivity contribution in [3.8, 4) is 0 Å². The Morgan fingerprint density at radius 2 is 2.05 bits per heavy atom. The highest BCUT2D eigenvalue weighted by Crippen LogP contribution is 2.13. The normalized spacial score (nSPS) is 18.1. The van der Waals surface area contributed by atoms with Gasteiger partial charge in [-0.25, -0.2) is 10.8 Å². The molecule has 0 bridgehead atoms. The molecule has 19 heavy (non-hydrogen) atoms. The van der Waals surface area contributed by atoms with Crippen LogP contribution in [0.25, 0.3) is 0 Å². The van der Waals surface area contributed by atoms with E-state index in [0.717, 1.165) is 18.1 Å². The van der Waals surface area contributed by atoms with Gasteiger partial charge in [-0.1, -0.05) is 6.42 Å². The van der Waals surface area contributed by atoms with Crippen LogP contribution in [0.2, 0.25) is 0 Å². The first-order chi connectivity index (χ1) is 9.19.